The molecule has 2 heterocycles. The van der Waals surface area contributed by atoms with Gasteiger partial charge in [-0.05, 0) is 29.5 Å². The van der Waals surface area contributed by atoms with Gasteiger partial charge < -0.3 is 15.4 Å². The fraction of sp³-hybridized carbons (Fsp3) is 0.263. The highest BCUT2D eigenvalue weighted by Gasteiger charge is 2.25. The number of aromatic nitrogens is 4. The number of rotatable bonds is 6. The number of hydrogen-bond donors (Lipinski definition) is 2. The molecule has 2 aromatic carbocycles. The minimum Gasteiger partial charge on any atom is -0.442 e. The maximum Gasteiger partial charge on any atom is 0.407 e. The predicted octanol–water partition coefficient (Wildman–Crippen LogP) is 3.30. The van der Waals surface area contributed by atoms with E-state index in [4.69, 9.17) is 4.74 Å². The number of alkyl carbamates (subject to hydrolysis) is 1. The van der Waals surface area contributed by atoms with E-state index in [-0.39, 0.29) is 18.2 Å². The lowest BCUT2D eigenvalue weighted by atomic mass is 10.1. The number of nitrogens with one attached hydrogen (secondary N) is 2. The summed E-state index contributed by atoms with van der Waals surface area (Å²) < 4.78 is 31.9. The fourth-order valence-electron chi connectivity index (χ4n) is 2.93. The van der Waals surface area contributed by atoms with Gasteiger partial charge in [-0.1, -0.05) is 24.3 Å². The number of amides is 1. The molecule has 0 aliphatic carbocycles. The number of ether oxygens (including phenoxy) is 1. The van der Waals surface area contributed by atoms with Gasteiger partial charge in [0.15, 0.2) is 0 Å². The summed E-state index contributed by atoms with van der Waals surface area (Å²) in [4.78, 5) is 12.5. The largest absolute Gasteiger partial charge is 0.442 e. The van der Waals surface area contributed by atoms with Crippen molar-refractivity contribution in [3.05, 3.63) is 54.1 Å². The Morgan fingerprint density at radius 3 is 2.69 bits per heavy atom. The third-order valence-corrected chi connectivity index (χ3v) is 4.41. The van der Waals surface area contributed by atoms with E-state index >= 15 is 0 Å². The molecule has 1 unspecified atom stereocenters. The first-order valence-electron chi connectivity index (χ1n) is 8.95. The van der Waals surface area contributed by atoms with Crippen LogP contribution in [0.4, 0.5) is 25.0 Å². The quantitative estimate of drug-likeness (QED) is 0.659. The Hall–Kier alpha value is -3.56. The molecule has 0 spiro atoms. The molecule has 0 radical (unpaired) electrons. The standard InChI is InChI=1S/C19H18F2N6O2/c1-19(20,21)12-6-8-13(9-7-12)23-16-5-3-2-4-15(16)17-24-26-27(25-17)11-14-10-22-18(28)29-14/h2-9,14,23H,10-11H2,1H3,(H,22,28). The van der Waals surface area contributed by atoms with Crippen LogP contribution >= 0.6 is 0 Å². The summed E-state index contributed by atoms with van der Waals surface area (Å²) in [5.74, 6) is -2.50. The van der Waals surface area contributed by atoms with Crippen molar-refractivity contribution < 1.29 is 18.3 Å². The first-order chi connectivity index (χ1) is 13.9. The van der Waals surface area contributed by atoms with E-state index in [9.17, 15) is 13.6 Å². The van der Waals surface area contributed by atoms with E-state index in [2.05, 4.69) is 26.0 Å². The lowest BCUT2D eigenvalue weighted by molar-refractivity contribution is 0.0175. The summed E-state index contributed by atoms with van der Waals surface area (Å²) in [5, 5.41) is 18.2. The lowest BCUT2D eigenvalue weighted by Gasteiger charge is -2.13. The number of para-hydroxylation sites is 1. The summed E-state index contributed by atoms with van der Waals surface area (Å²) in [7, 11) is 0. The number of cyclic esters (lactones) is 1. The van der Waals surface area contributed by atoms with Gasteiger partial charge in [-0.15, -0.1) is 10.2 Å². The van der Waals surface area contributed by atoms with Gasteiger partial charge in [0.1, 0.15) is 12.6 Å². The molecule has 8 nitrogen and oxygen atoms in total. The maximum absolute atomic E-state index is 13.4. The molecule has 1 fully saturated rings. The van der Waals surface area contributed by atoms with Crippen LogP contribution in [0.2, 0.25) is 0 Å². The van der Waals surface area contributed by atoms with Gasteiger partial charge in [-0.2, -0.15) is 4.80 Å². The molecule has 1 amide bonds. The van der Waals surface area contributed by atoms with Crippen LogP contribution in [0, 0.1) is 0 Å². The predicted molar refractivity (Wildman–Crippen MR) is 101 cm³/mol. The Bertz CT molecular complexity index is 1020. The highest BCUT2D eigenvalue weighted by Crippen LogP contribution is 2.30. The Labute approximate surface area is 164 Å². The van der Waals surface area contributed by atoms with Crippen molar-refractivity contribution in [3.8, 4) is 11.4 Å². The van der Waals surface area contributed by atoms with Crippen molar-refractivity contribution in [2.45, 2.75) is 25.5 Å². The summed E-state index contributed by atoms with van der Waals surface area (Å²) in [5.41, 5.74) is 2.01. The van der Waals surface area contributed by atoms with Crippen molar-refractivity contribution in [1.82, 2.24) is 25.5 Å². The molecule has 0 saturated carbocycles. The first kappa shape index (κ1) is 18.8. The van der Waals surface area contributed by atoms with Crippen molar-refractivity contribution in [3.63, 3.8) is 0 Å². The molecule has 1 atom stereocenters. The highest BCUT2D eigenvalue weighted by molar-refractivity contribution is 5.77. The number of hydrogen-bond acceptors (Lipinski definition) is 6. The Balaban J connectivity index is 1.52. The third-order valence-electron chi connectivity index (χ3n) is 4.41. The van der Waals surface area contributed by atoms with Crippen molar-refractivity contribution in [2.75, 3.05) is 11.9 Å². The van der Waals surface area contributed by atoms with Crippen LogP contribution in [-0.2, 0) is 17.2 Å². The zero-order valence-corrected chi connectivity index (χ0v) is 15.5. The van der Waals surface area contributed by atoms with Crippen molar-refractivity contribution in [2.24, 2.45) is 0 Å². The maximum atomic E-state index is 13.4. The number of carbonyl (C=O) groups excluding carboxylic acids is 1. The summed E-state index contributed by atoms with van der Waals surface area (Å²) in [6, 6.07) is 13.3. The summed E-state index contributed by atoms with van der Waals surface area (Å²) >= 11 is 0. The number of anilines is 2. The average molecular weight is 400 g/mol. The number of benzene rings is 2. The smallest absolute Gasteiger partial charge is 0.407 e. The first-order valence-corrected chi connectivity index (χ1v) is 8.95. The zero-order chi connectivity index (χ0) is 20.4. The van der Waals surface area contributed by atoms with E-state index in [0.717, 1.165) is 6.92 Å². The number of tetrazole rings is 1. The van der Waals surface area contributed by atoms with Crippen molar-refractivity contribution >= 4 is 17.5 Å². The SMILES string of the molecule is CC(F)(F)c1ccc(Nc2ccccc2-c2nnn(CC3CNC(=O)O3)n2)cc1. The molecule has 150 valence electrons. The second kappa shape index (κ2) is 7.46. The minimum atomic E-state index is -2.89. The second-order valence-electron chi connectivity index (χ2n) is 6.71. The molecule has 10 heteroatoms. The van der Waals surface area contributed by atoms with Crippen LogP contribution in [-0.4, -0.2) is 38.9 Å². The normalized spacial score (nSPS) is 16.4. The topological polar surface area (TPSA) is 94.0 Å². The van der Waals surface area contributed by atoms with Gasteiger partial charge in [0.05, 0.1) is 6.54 Å². The van der Waals surface area contributed by atoms with Crippen LogP contribution in [0.5, 0.6) is 0 Å². The average Bonchev–Trinajstić information content (AvgIpc) is 3.31. The van der Waals surface area contributed by atoms with E-state index < -0.39 is 12.0 Å². The van der Waals surface area contributed by atoms with Crippen LogP contribution in [0.25, 0.3) is 11.4 Å². The van der Waals surface area contributed by atoms with Gasteiger partial charge >= 0.3 is 6.09 Å². The molecule has 2 N–H and O–H groups in total. The highest BCUT2D eigenvalue weighted by atomic mass is 19.3. The van der Waals surface area contributed by atoms with E-state index in [1.165, 1.54) is 16.9 Å². The van der Waals surface area contributed by atoms with Gasteiger partial charge in [0.25, 0.3) is 5.92 Å². The fourth-order valence-corrected chi connectivity index (χ4v) is 2.93. The van der Waals surface area contributed by atoms with Crippen molar-refractivity contribution in [1.29, 1.82) is 0 Å². The lowest BCUT2D eigenvalue weighted by Crippen LogP contribution is -2.22. The molecular weight excluding hydrogens is 382 g/mol. The molecule has 1 aliphatic heterocycles. The monoisotopic (exact) mass is 400 g/mol. The van der Waals surface area contributed by atoms with Gasteiger partial charge in [-0.25, -0.2) is 13.6 Å². The number of carbonyl (C=O) groups is 1. The third kappa shape index (κ3) is 4.31. The second-order valence-corrected chi connectivity index (χ2v) is 6.71. The molecule has 1 saturated heterocycles. The van der Waals surface area contributed by atoms with Gasteiger partial charge in [0, 0.05) is 29.4 Å². The number of alkyl halides is 2. The molecule has 29 heavy (non-hydrogen) atoms. The zero-order valence-electron chi connectivity index (χ0n) is 15.5. The Kier molecular flexibility index (Phi) is 4.83. The van der Waals surface area contributed by atoms with Crippen LogP contribution < -0.4 is 10.6 Å². The van der Waals surface area contributed by atoms with Crippen LogP contribution in [0.3, 0.4) is 0 Å². The van der Waals surface area contributed by atoms with E-state index in [0.29, 0.717) is 29.3 Å². The van der Waals surface area contributed by atoms with E-state index in [1.807, 2.05) is 24.3 Å². The molecule has 1 aromatic heterocycles. The Morgan fingerprint density at radius 1 is 1.24 bits per heavy atom. The molecule has 3 aromatic rings. The number of halogens is 2. The van der Waals surface area contributed by atoms with E-state index in [1.54, 1.807) is 12.1 Å². The molecule has 0 bridgehead atoms. The molecule has 4 rings (SSSR count). The molecular formula is C19H18F2N6O2. The van der Waals surface area contributed by atoms with Crippen LogP contribution in [0.15, 0.2) is 48.5 Å². The Morgan fingerprint density at radius 2 is 2.00 bits per heavy atom. The summed E-state index contributed by atoms with van der Waals surface area (Å²) in [6.07, 6.45) is -0.815. The number of nitrogens with zero attached hydrogens (tertiary/aromatic N) is 4. The summed E-state index contributed by atoms with van der Waals surface area (Å²) in [6.45, 7) is 1.54. The van der Waals surface area contributed by atoms with Crippen LogP contribution in [0.1, 0.15) is 12.5 Å². The minimum absolute atomic E-state index is 0.0527. The van der Waals surface area contributed by atoms with Gasteiger partial charge in [-0.3, -0.25) is 0 Å². The molecule has 1 aliphatic rings. The van der Waals surface area contributed by atoms with Gasteiger partial charge in [0.2, 0.25) is 5.82 Å².